The number of fused-ring (bicyclic) bond motifs is 2. The standard InChI is InChI=1S/C27H32N2O2/c1-5-28(6-2)21-15-17-25-24(18-21)27(30,20-12-10-9-11-13-20)23-16-14-22(19-26(23)31-25)29(7-3)8-4/h9-19,30H,5-8H2,1-4H3. The minimum absolute atomic E-state index is 0.700. The van der Waals surface area contributed by atoms with Crippen molar-refractivity contribution in [2.45, 2.75) is 33.3 Å². The van der Waals surface area contributed by atoms with Crippen LogP contribution in [0.4, 0.5) is 11.4 Å². The van der Waals surface area contributed by atoms with Gasteiger partial charge in [0.05, 0.1) is 0 Å². The number of hydrogen-bond acceptors (Lipinski definition) is 4. The van der Waals surface area contributed by atoms with E-state index in [1.165, 1.54) is 0 Å². The molecule has 3 aromatic carbocycles. The van der Waals surface area contributed by atoms with Crippen LogP contribution in [0.1, 0.15) is 44.4 Å². The maximum atomic E-state index is 12.3. The van der Waals surface area contributed by atoms with Crippen molar-refractivity contribution in [2.24, 2.45) is 0 Å². The van der Waals surface area contributed by atoms with Crippen LogP contribution in [0.2, 0.25) is 0 Å². The Labute approximate surface area is 185 Å². The van der Waals surface area contributed by atoms with Crippen LogP contribution in [0.15, 0.2) is 66.7 Å². The van der Waals surface area contributed by atoms with Gasteiger partial charge in [-0.25, -0.2) is 0 Å². The van der Waals surface area contributed by atoms with E-state index in [2.05, 4.69) is 61.8 Å². The summed E-state index contributed by atoms with van der Waals surface area (Å²) in [5, 5.41) is 12.3. The van der Waals surface area contributed by atoms with E-state index in [1.54, 1.807) is 0 Å². The molecule has 0 radical (unpaired) electrons. The summed E-state index contributed by atoms with van der Waals surface area (Å²) in [7, 11) is 0. The molecule has 1 N–H and O–H groups in total. The summed E-state index contributed by atoms with van der Waals surface area (Å²) in [5.41, 5.74) is 3.31. The summed E-state index contributed by atoms with van der Waals surface area (Å²) in [5.74, 6) is 1.41. The van der Waals surface area contributed by atoms with E-state index in [1.807, 2.05) is 42.5 Å². The first-order chi connectivity index (χ1) is 15.1. The normalized spacial score (nSPS) is 16.8. The van der Waals surface area contributed by atoms with Crippen LogP contribution in [0.5, 0.6) is 11.5 Å². The Hall–Kier alpha value is -2.98. The summed E-state index contributed by atoms with van der Waals surface area (Å²) in [6.07, 6.45) is 0. The fourth-order valence-electron chi connectivity index (χ4n) is 4.61. The number of hydrogen-bond donors (Lipinski definition) is 1. The largest absolute Gasteiger partial charge is 0.456 e. The van der Waals surface area contributed by atoms with Crippen LogP contribution in [0, 0.1) is 0 Å². The minimum atomic E-state index is -1.28. The second-order valence-electron chi connectivity index (χ2n) is 7.88. The molecule has 162 valence electrons. The zero-order valence-electron chi connectivity index (χ0n) is 18.9. The summed E-state index contributed by atoms with van der Waals surface area (Å²) >= 11 is 0. The molecule has 1 heterocycles. The first kappa shape index (κ1) is 21.3. The molecule has 1 unspecified atom stereocenters. The van der Waals surface area contributed by atoms with Crippen molar-refractivity contribution >= 4 is 11.4 Å². The number of aliphatic hydroxyl groups is 1. The van der Waals surface area contributed by atoms with Crippen molar-refractivity contribution in [3.05, 3.63) is 83.4 Å². The van der Waals surface area contributed by atoms with Gasteiger partial charge >= 0.3 is 0 Å². The van der Waals surface area contributed by atoms with Crippen LogP contribution >= 0.6 is 0 Å². The van der Waals surface area contributed by atoms with Crippen molar-refractivity contribution < 1.29 is 9.84 Å². The number of benzene rings is 3. The van der Waals surface area contributed by atoms with Gasteiger partial charge in [-0.15, -0.1) is 0 Å². The lowest BCUT2D eigenvalue weighted by atomic mass is 9.78. The van der Waals surface area contributed by atoms with Crippen LogP contribution in [0.25, 0.3) is 0 Å². The molecule has 0 saturated carbocycles. The van der Waals surface area contributed by atoms with Gasteiger partial charge in [0.2, 0.25) is 0 Å². The van der Waals surface area contributed by atoms with Gasteiger partial charge in [-0.05, 0) is 63.6 Å². The van der Waals surface area contributed by atoms with E-state index >= 15 is 0 Å². The molecule has 0 bridgehead atoms. The van der Waals surface area contributed by atoms with E-state index in [0.717, 1.165) is 54.2 Å². The molecule has 1 aliphatic heterocycles. The molecule has 0 fully saturated rings. The van der Waals surface area contributed by atoms with E-state index in [0.29, 0.717) is 11.5 Å². The minimum Gasteiger partial charge on any atom is -0.456 e. The summed E-state index contributed by atoms with van der Waals surface area (Å²) < 4.78 is 6.37. The molecule has 0 spiro atoms. The van der Waals surface area contributed by atoms with E-state index in [-0.39, 0.29) is 0 Å². The number of nitrogens with zero attached hydrogens (tertiary/aromatic N) is 2. The first-order valence-corrected chi connectivity index (χ1v) is 11.3. The fourth-order valence-corrected chi connectivity index (χ4v) is 4.61. The van der Waals surface area contributed by atoms with Crippen molar-refractivity contribution in [1.29, 1.82) is 0 Å². The Morgan fingerprint density at radius 2 is 1.26 bits per heavy atom. The molecule has 31 heavy (non-hydrogen) atoms. The number of ether oxygens (including phenoxy) is 1. The lowest BCUT2D eigenvalue weighted by Crippen LogP contribution is -2.33. The molecular formula is C27H32N2O2. The second-order valence-corrected chi connectivity index (χ2v) is 7.88. The molecular weight excluding hydrogens is 384 g/mol. The van der Waals surface area contributed by atoms with Gasteiger partial charge in [0.25, 0.3) is 0 Å². The Bertz CT molecular complexity index is 1040. The van der Waals surface area contributed by atoms with Gasteiger partial charge in [-0.3, -0.25) is 0 Å². The predicted octanol–water partition coefficient (Wildman–Crippen LogP) is 5.77. The summed E-state index contributed by atoms with van der Waals surface area (Å²) in [6, 6.07) is 22.2. The van der Waals surface area contributed by atoms with Crippen LogP contribution in [-0.2, 0) is 5.60 Å². The average molecular weight is 417 g/mol. The molecule has 1 atom stereocenters. The molecule has 4 heteroatoms. The molecule has 4 rings (SSSR count). The first-order valence-electron chi connectivity index (χ1n) is 11.3. The van der Waals surface area contributed by atoms with Gasteiger partial charge in [0, 0.05) is 54.7 Å². The highest BCUT2D eigenvalue weighted by atomic mass is 16.5. The van der Waals surface area contributed by atoms with Crippen molar-refractivity contribution in [3.8, 4) is 11.5 Å². The van der Waals surface area contributed by atoms with E-state index in [9.17, 15) is 5.11 Å². The third kappa shape index (κ3) is 3.55. The maximum absolute atomic E-state index is 12.3. The molecule has 0 saturated heterocycles. The Kier molecular flexibility index (Phi) is 5.92. The third-order valence-corrected chi connectivity index (χ3v) is 6.38. The highest BCUT2D eigenvalue weighted by molar-refractivity contribution is 5.68. The summed E-state index contributed by atoms with van der Waals surface area (Å²) in [6.45, 7) is 12.2. The van der Waals surface area contributed by atoms with E-state index in [4.69, 9.17) is 4.74 Å². The highest BCUT2D eigenvalue weighted by Crippen LogP contribution is 2.51. The Balaban J connectivity index is 1.93. The summed E-state index contributed by atoms with van der Waals surface area (Å²) in [4.78, 5) is 4.56. The lowest BCUT2D eigenvalue weighted by Gasteiger charge is -2.38. The highest BCUT2D eigenvalue weighted by Gasteiger charge is 2.42. The van der Waals surface area contributed by atoms with Gasteiger partial charge in [-0.2, -0.15) is 0 Å². The van der Waals surface area contributed by atoms with E-state index < -0.39 is 5.60 Å². The van der Waals surface area contributed by atoms with Crippen molar-refractivity contribution in [3.63, 3.8) is 0 Å². The number of anilines is 2. The molecule has 1 aliphatic rings. The van der Waals surface area contributed by atoms with Crippen molar-refractivity contribution in [2.75, 3.05) is 36.0 Å². The quantitative estimate of drug-likeness (QED) is 0.530. The third-order valence-electron chi connectivity index (χ3n) is 6.38. The van der Waals surface area contributed by atoms with Gasteiger partial charge in [0.15, 0.2) is 0 Å². The Morgan fingerprint density at radius 3 is 1.87 bits per heavy atom. The zero-order valence-corrected chi connectivity index (χ0v) is 18.9. The molecule has 0 aliphatic carbocycles. The average Bonchev–Trinajstić information content (AvgIpc) is 2.81. The van der Waals surface area contributed by atoms with Crippen LogP contribution in [-0.4, -0.2) is 31.3 Å². The Morgan fingerprint density at radius 1 is 0.677 bits per heavy atom. The van der Waals surface area contributed by atoms with Gasteiger partial charge in [0.1, 0.15) is 17.1 Å². The SMILES string of the molecule is CCN(CC)c1ccc2c(c1)Oc1ccc(N(CC)CC)cc1C2(O)c1ccccc1. The molecule has 4 nitrogen and oxygen atoms in total. The number of rotatable bonds is 7. The van der Waals surface area contributed by atoms with Crippen LogP contribution < -0.4 is 14.5 Å². The predicted molar refractivity (Wildman–Crippen MR) is 129 cm³/mol. The molecule has 0 aromatic heterocycles. The smallest absolute Gasteiger partial charge is 0.147 e. The van der Waals surface area contributed by atoms with Gasteiger partial charge < -0.3 is 19.6 Å². The van der Waals surface area contributed by atoms with Crippen molar-refractivity contribution in [1.82, 2.24) is 0 Å². The molecule has 0 amide bonds. The fraction of sp³-hybridized carbons (Fsp3) is 0.333. The van der Waals surface area contributed by atoms with Crippen LogP contribution in [0.3, 0.4) is 0 Å². The maximum Gasteiger partial charge on any atom is 0.147 e. The molecule has 3 aromatic rings. The zero-order chi connectivity index (χ0) is 22.0. The second kappa shape index (κ2) is 8.64. The lowest BCUT2D eigenvalue weighted by molar-refractivity contribution is 0.113. The van der Waals surface area contributed by atoms with Gasteiger partial charge in [-0.1, -0.05) is 30.3 Å². The monoisotopic (exact) mass is 416 g/mol. The topological polar surface area (TPSA) is 35.9 Å².